The molecule has 0 aliphatic rings. The van der Waals surface area contributed by atoms with E-state index in [0.717, 1.165) is 192 Å². The van der Waals surface area contributed by atoms with Gasteiger partial charge < -0.3 is 83.4 Å². The molecule has 2 atom stereocenters. The minimum atomic E-state index is -0.391. The van der Waals surface area contributed by atoms with Gasteiger partial charge in [0.1, 0.15) is 118 Å². The molecule has 27 nitrogen and oxygen atoms in total. The van der Waals surface area contributed by atoms with Crippen LogP contribution in [-0.4, -0.2) is 381 Å². The molecule has 0 aromatic carbocycles. The van der Waals surface area contributed by atoms with Crippen LogP contribution in [0.15, 0.2) is 0 Å². The van der Waals surface area contributed by atoms with Gasteiger partial charge in [-0.1, -0.05) is 164 Å². The first-order valence-corrected chi connectivity index (χ1v) is 58.6. The number of quaternary nitrogens is 9. The second-order valence-electron chi connectivity index (χ2n) is 45.9. The molecule has 2 unspecified atom stereocenters. The van der Waals surface area contributed by atoms with E-state index in [1.165, 1.54) is 147 Å². The molecule has 1 N–H and O–H groups in total. The molecule has 0 amide bonds. The van der Waals surface area contributed by atoms with Crippen molar-refractivity contribution in [3.63, 3.8) is 0 Å². The second-order valence-corrected chi connectivity index (χ2v) is 45.9. The molecule has 0 aliphatic carbocycles. The van der Waals surface area contributed by atoms with Crippen molar-refractivity contribution in [2.45, 2.75) is 393 Å². The second kappa shape index (κ2) is 92.6. The average Bonchev–Trinajstić information content (AvgIpc) is 0.885. The Morgan fingerprint density at radius 1 is 0.214 bits per heavy atom. The van der Waals surface area contributed by atoms with Gasteiger partial charge in [-0.15, -0.1) is 0 Å². The van der Waals surface area contributed by atoms with Crippen LogP contribution < -0.4 is 4.90 Å². The number of hydrogen-bond donors (Lipinski definition) is 1. The van der Waals surface area contributed by atoms with Crippen LogP contribution in [0.3, 0.4) is 0 Å². The van der Waals surface area contributed by atoms with Crippen molar-refractivity contribution >= 4 is 53.7 Å². The first-order chi connectivity index (χ1) is 67.6. The molecular formula is C118H254N9O18+9. The molecule has 0 saturated heterocycles. The first-order valence-electron chi connectivity index (χ1n) is 58.6. The van der Waals surface area contributed by atoms with E-state index in [1.807, 2.05) is 132 Å². The highest BCUT2D eigenvalue weighted by Crippen LogP contribution is 2.22. The van der Waals surface area contributed by atoms with Crippen molar-refractivity contribution in [2.75, 3.05) is 291 Å². The Kier molecular flexibility index (Phi) is 101. The molecule has 0 saturated carbocycles. The topological polar surface area (TPSA) is 241 Å². The van der Waals surface area contributed by atoms with Crippen molar-refractivity contribution in [1.29, 1.82) is 0 Å². The van der Waals surface area contributed by atoms with Crippen LogP contribution in [0.2, 0.25) is 0 Å². The molecule has 0 bridgehead atoms. The number of nitrogens with one attached hydrogen (secondary N) is 1. The maximum atomic E-state index is 11.7. The molecule has 0 heterocycles. The minimum absolute atomic E-state index is 0.0162. The monoisotopic (exact) mass is 2090 g/mol. The molecule has 0 rings (SSSR count). The van der Waals surface area contributed by atoms with Crippen molar-refractivity contribution < 1.29 is 127 Å². The zero-order valence-electron chi connectivity index (χ0n) is 105. The van der Waals surface area contributed by atoms with E-state index in [9.17, 15) is 43.2 Å². The molecule has 27 heteroatoms. The van der Waals surface area contributed by atoms with E-state index in [-0.39, 0.29) is 88.2 Å². The highest BCUT2D eigenvalue weighted by Gasteiger charge is 2.33. The summed E-state index contributed by atoms with van der Waals surface area (Å²) in [7, 11) is 10.3. The van der Waals surface area contributed by atoms with Crippen LogP contribution in [-0.2, 0) is 85.8 Å². The fraction of sp³-hybridized carbons (Fsp3) is 0.924. The number of carbonyl (C=O) groups excluding carboxylic acids is 9. The van der Waals surface area contributed by atoms with Crippen LogP contribution in [0.5, 0.6) is 0 Å². The Bertz CT molecular complexity index is 3060. The van der Waals surface area contributed by atoms with Gasteiger partial charge in [-0.2, -0.15) is 0 Å². The van der Waals surface area contributed by atoms with Gasteiger partial charge in [-0.05, 0) is 216 Å². The smallest absolute Gasteiger partial charge is 0.311 e. The van der Waals surface area contributed by atoms with Crippen molar-refractivity contribution in [3.8, 4) is 0 Å². The number of esters is 9. The maximum absolute atomic E-state index is 11.7. The number of unbranched alkanes of at least 4 members (excludes halogenated alkanes) is 4. The number of nitrogens with zero attached hydrogens (tertiary/aromatic N) is 8. The summed E-state index contributed by atoms with van der Waals surface area (Å²) in [5, 5.41) is 0. The van der Waals surface area contributed by atoms with Gasteiger partial charge in [-0.25, -0.2) is 0 Å². The third kappa shape index (κ3) is 86.1. The highest BCUT2D eigenvalue weighted by molar-refractivity contribution is 5.76. The third-order valence-electron chi connectivity index (χ3n) is 27.7. The van der Waals surface area contributed by atoms with Crippen LogP contribution in [0, 0.1) is 39.9 Å². The fourth-order valence-electron chi connectivity index (χ4n) is 16.4. The lowest BCUT2D eigenvalue weighted by Crippen LogP contribution is -3.06. The summed E-state index contributed by atoms with van der Waals surface area (Å²) in [5.74, 6) is -0.784. The van der Waals surface area contributed by atoms with E-state index in [2.05, 4.69) is 180 Å². The Balaban J connectivity index is -0.000000206. The predicted octanol–water partition coefficient (Wildman–Crippen LogP) is 21.6. The van der Waals surface area contributed by atoms with Gasteiger partial charge in [0.25, 0.3) is 0 Å². The van der Waals surface area contributed by atoms with Gasteiger partial charge in [0, 0.05) is 12.8 Å². The third-order valence-corrected chi connectivity index (χ3v) is 27.7. The van der Waals surface area contributed by atoms with Gasteiger partial charge in [-0.3, -0.25) is 43.2 Å². The molecule has 870 valence electrons. The Morgan fingerprint density at radius 3 is 0.552 bits per heavy atom. The number of rotatable bonds is 70. The fourth-order valence-corrected chi connectivity index (χ4v) is 16.4. The van der Waals surface area contributed by atoms with E-state index >= 15 is 0 Å². The SMILES string of the molecule is CC(C)C(=O)OCC[N+](C)(C)C.CCCCC(=O)OCC[N+](CC)(CCC)CCC.CCCCC(=O)OCC[N+](CC)(CCC)CCCC.CCCC[N+](CC)(CCC)CCOC(=O)C(C)C.CCC[N+](CC)(CCC)CCOC(=O)C(C)(C)C.CCC[N+](CC)(CCC)CCOC(=O)C(C)C.CC[N+](CC)(CC)CCOC(=O)C(C)(C)C.CC[N+](CC)(CC)CCOC(=O)C(C)C.C[NH+](C)CCOC(=O)C(C)(C)C. The number of carbonyl (C=O) groups is 9. The number of hydrogen-bond acceptors (Lipinski definition) is 18. The standard InChI is InChI=1S/C16H34NO2.3C15H32NO2.C14H30NO2.C13H28NO2.C12H26NO2.C9H19NO2.C9H20NO2/c1-5-9-11-16(18)19-15-14-17(8-4,12-7-3)13-10-6-2;1-7-10-16(9-3,11-8-2)12-13-18-14(17)15(4,5)6;1-6-9-11-16(8-3,10-7-2)12-13-18-15(17)14(4)5;1-5-9-10-15(17)18-14-13-16(8-4,11-6-2)12-7-3;1-6-9-15(8-3,10-7-2)11-12-17-14(16)13(4)5;1-7-14(8-2,9-3)10-11-16-12(15)13(4,5)6;1-6-13(7-2,8-3)9-10-15-12(14)11(4)5;1-9(2,3)8(11)12-7-6-10(4)5;1-8(2)9(11)12-7-6-10(3,4)5/h5-15H2,1-4H3;7-13H2,1-6H3;14H,6-13H2,1-5H3;5-14H2,1-4H3;13H,6-12H2,1-5H3;7-11H2,1-6H3;11H,6-10H2,1-5H3;6-7H2,1-5H3;8H,6-7H2,1-5H3/q7*+1;;+1/p+1. The quantitative estimate of drug-likeness (QED) is 0.0338. The maximum Gasteiger partial charge on any atom is 0.311 e. The van der Waals surface area contributed by atoms with Gasteiger partial charge in [0.05, 0.1) is 213 Å². The van der Waals surface area contributed by atoms with E-state index in [1.54, 1.807) is 0 Å². The molecule has 145 heavy (non-hydrogen) atoms. The van der Waals surface area contributed by atoms with E-state index in [0.29, 0.717) is 72.3 Å². The Hall–Kier alpha value is -5.13. The van der Waals surface area contributed by atoms with Crippen LogP contribution >= 0.6 is 0 Å². The largest absolute Gasteiger partial charge is 0.460 e. The van der Waals surface area contributed by atoms with Gasteiger partial charge in [0.2, 0.25) is 0 Å². The minimum Gasteiger partial charge on any atom is -0.460 e. The van der Waals surface area contributed by atoms with Crippen molar-refractivity contribution in [1.82, 2.24) is 0 Å². The van der Waals surface area contributed by atoms with E-state index in [4.69, 9.17) is 42.6 Å². The summed E-state index contributed by atoms with van der Waals surface area (Å²) < 4.78 is 55.7. The molecular weight excluding hydrogens is 1830 g/mol. The van der Waals surface area contributed by atoms with Crippen LogP contribution in [0.25, 0.3) is 0 Å². The normalized spacial score (nSPS) is 12.6. The molecule has 0 fully saturated rings. The summed E-state index contributed by atoms with van der Waals surface area (Å²) >= 11 is 0. The Labute approximate surface area is 898 Å². The first kappa shape index (κ1) is 157. The van der Waals surface area contributed by atoms with Crippen molar-refractivity contribution in [2.24, 2.45) is 39.9 Å². The van der Waals surface area contributed by atoms with Gasteiger partial charge in [0.15, 0.2) is 0 Å². The summed E-state index contributed by atoms with van der Waals surface area (Å²) in [6, 6.07) is 0. The predicted molar refractivity (Wildman–Crippen MR) is 609 cm³/mol. The zero-order chi connectivity index (χ0) is 114. The van der Waals surface area contributed by atoms with E-state index < -0.39 is 5.41 Å². The average molecular weight is 2090 g/mol. The lowest BCUT2D eigenvalue weighted by Gasteiger charge is -2.37. The summed E-state index contributed by atoms with van der Waals surface area (Å²) in [5.41, 5.74) is -1.15. The lowest BCUT2D eigenvalue weighted by atomic mass is 9.97. The summed E-state index contributed by atoms with van der Waals surface area (Å²) in [6.07, 6.45) is 19.6. The number of likely N-dealkylation sites (N-methyl/N-ethyl adjacent to an activating group) is 9. The molecule has 0 radical (unpaired) electrons. The molecule has 0 aromatic heterocycles. The zero-order valence-corrected chi connectivity index (χ0v) is 105. The number of ether oxygens (including phenoxy) is 9. The molecule has 0 aliphatic heterocycles. The molecule has 0 aromatic rings. The highest BCUT2D eigenvalue weighted by atomic mass is 16.6. The lowest BCUT2D eigenvalue weighted by molar-refractivity contribution is -0.927. The summed E-state index contributed by atoms with van der Waals surface area (Å²) in [6.45, 7) is 120. The molecule has 0 spiro atoms. The summed E-state index contributed by atoms with van der Waals surface area (Å²) in [4.78, 5) is 104. The van der Waals surface area contributed by atoms with Crippen LogP contribution in [0.1, 0.15) is 393 Å². The Morgan fingerprint density at radius 2 is 0.386 bits per heavy atom. The van der Waals surface area contributed by atoms with Crippen LogP contribution in [0.4, 0.5) is 0 Å². The van der Waals surface area contributed by atoms with Crippen molar-refractivity contribution in [3.05, 3.63) is 0 Å². The van der Waals surface area contributed by atoms with Gasteiger partial charge >= 0.3 is 53.7 Å².